The largest absolute Gasteiger partial charge is 0.467 e. The molecule has 1 aromatic carbocycles. The molecular weight excluding hydrogens is 304 g/mol. The molecule has 1 heterocycles. The second kappa shape index (κ2) is 7.68. The maximum absolute atomic E-state index is 12.2. The van der Waals surface area contributed by atoms with E-state index in [1.165, 1.54) is 13.2 Å². The zero-order valence-electron chi connectivity index (χ0n) is 12.7. The molecule has 23 heavy (non-hydrogen) atoms. The molecule has 0 unspecified atom stereocenters. The minimum absolute atomic E-state index is 0.0108. The van der Waals surface area contributed by atoms with E-state index in [0.29, 0.717) is 25.2 Å². The van der Waals surface area contributed by atoms with Crippen LogP contribution in [0.5, 0.6) is 0 Å². The lowest BCUT2D eigenvalue weighted by molar-refractivity contribution is -0.385. The van der Waals surface area contributed by atoms with Crippen LogP contribution in [0.15, 0.2) is 24.3 Å². The number of nitrogens with zero attached hydrogens (tertiary/aromatic N) is 1. The number of esters is 1. The lowest BCUT2D eigenvalue weighted by Gasteiger charge is -2.18. The van der Waals surface area contributed by atoms with Gasteiger partial charge in [0.15, 0.2) is 0 Å². The highest BCUT2D eigenvalue weighted by molar-refractivity contribution is 5.86. The molecule has 2 rings (SSSR count). The zero-order valence-corrected chi connectivity index (χ0v) is 12.7. The topological polar surface area (TPSA) is 108 Å². The molecule has 0 saturated carbocycles. The van der Waals surface area contributed by atoms with E-state index in [9.17, 15) is 19.7 Å². The van der Waals surface area contributed by atoms with Crippen LogP contribution in [0.4, 0.5) is 5.69 Å². The van der Waals surface area contributed by atoms with Crippen LogP contribution in [0, 0.1) is 16.0 Å². The highest BCUT2D eigenvalue weighted by Gasteiger charge is 2.30. The van der Waals surface area contributed by atoms with E-state index in [0.717, 1.165) is 0 Å². The van der Waals surface area contributed by atoms with Crippen molar-refractivity contribution in [2.24, 2.45) is 5.92 Å². The number of methoxy groups -OCH3 is 1. The van der Waals surface area contributed by atoms with Gasteiger partial charge in [-0.15, -0.1) is 0 Å². The van der Waals surface area contributed by atoms with Gasteiger partial charge in [0.1, 0.15) is 6.04 Å². The van der Waals surface area contributed by atoms with E-state index in [1.54, 1.807) is 18.2 Å². The van der Waals surface area contributed by atoms with Crippen LogP contribution in [0.3, 0.4) is 0 Å². The number of nitro groups is 1. The molecule has 1 saturated heterocycles. The van der Waals surface area contributed by atoms with Crippen LogP contribution in [-0.4, -0.2) is 43.2 Å². The molecule has 8 heteroatoms. The van der Waals surface area contributed by atoms with Crippen molar-refractivity contribution in [3.63, 3.8) is 0 Å². The Hall–Kier alpha value is -2.48. The Bertz CT molecular complexity index is 597. The fraction of sp³-hybridized carbons (Fsp3) is 0.467. The number of nitro benzene ring substituents is 1. The zero-order chi connectivity index (χ0) is 16.8. The van der Waals surface area contributed by atoms with Crippen molar-refractivity contribution in [2.75, 3.05) is 20.3 Å². The van der Waals surface area contributed by atoms with Crippen molar-refractivity contribution in [1.82, 2.24) is 5.32 Å². The normalized spacial score (nSPS) is 18.2. The summed E-state index contributed by atoms with van der Waals surface area (Å²) in [6, 6.07) is 5.12. The highest BCUT2D eigenvalue weighted by Crippen LogP contribution is 2.20. The number of rotatable bonds is 6. The van der Waals surface area contributed by atoms with E-state index in [4.69, 9.17) is 9.47 Å². The molecule has 2 atom stereocenters. The number of ether oxygens (including phenoxy) is 2. The van der Waals surface area contributed by atoms with Crippen LogP contribution in [0.25, 0.3) is 0 Å². The Kier molecular flexibility index (Phi) is 5.64. The smallest absolute Gasteiger partial charge is 0.328 e. The van der Waals surface area contributed by atoms with E-state index in [-0.39, 0.29) is 23.9 Å². The van der Waals surface area contributed by atoms with Crippen molar-refractivity contribution in [2.45, 2.75) is 18.9 Å². The predicted octanol–water partition coefficient (Wildman–Crippen LogP) is 0.832. The number of carbonyl (C=O) groups is 2. The molecule has 1 aliphatic heterocycles. The molecule has 124 valence electrons. The second-order valence-corrected chi connectivity index (χ2v) is 5.23. The van der Waals surface area contributed by atoms with Gasteiger partial charge in [0, 0.05) is 24.7 Å². The summed E-state index contributed by atoms with van der Waals surface area (Å²) in [5.41, 5.74) is 0.260. The van der Waals surface area contributed by atoms with Crippen molar-refractivity contribution in [3.8, 4) is 0 Å². The number of nitrogens with one attached hydrogen (secondary N) is 1. The van der Waals surface area contributed by atoms with E-state index in [2.05, 4.69) is 5.32 Å². The number of hydrogen-bond acceptors (Lipinski definition) is 6. The van der Waals surface area contributed by atoms with Gasteiger partial charge >= 0.3 is 5.97 Å². The standard InChI is InChI=1S/C15H18N2O6/c1-22-15(19)12(16-14(18)11-6-7-23-9-11)8-10-4-2-3-5-13(10)17(20)21/h2-5,11-12H,6-9H2,1H3,(H,16,18)/t11-,12-/m0/s1. The molecule has 1 aliphatic rings. The van der Waals surface area contributed by atoms with Crippen LogP contribution >= 0.6 is 0 Å². The molecule has 0 bridgehead atoms. The quantitative estimate of drug-likeness (QED) is 0.472. The Morgan fingerprint density at radius 2 is 2.22 bits per heavy atom. The maximum Gasteiger partial charge on any atom is 0.328 e. The predicted molar refractivity (Wildman–Crippen MR) is 79.7 cm³/mol. The summed E-state index contributed by atoms with van der Waals surface area (Å²) in [5.74, 6) is -1.26. The van der Waals surface area contributed by atoms with Gasteiger partial charge in [0.25, 0.3) is 5.69 Å². The third-order valence-electron chi connectivity index (χ3n) is 3.72. The molecule has 1 fully saturated rings. The average molecular weight is 322 g/mol. The van der Waals surface area contributed by atoms with Crippen molar-refractivity contribution < 1.29 is 24.0 Å². The molecule has 0 aliphatic carbocycles. The molecule has 0 radical (unpaired) electrons. The van der Waals surface area contributed by atoms with Gasteiger partial charge < -0.3 is 14.8 Å². The lowest BCUT2D eigenvalue weighted by atomic mass is 10.0. The molecule has 1 amide bonds. The second-order valence-electron chi connectivity index (χ2n) is 5.23. The minimum Gasteiger partial charge on any atom is -0.467 e. The minimum atomic E-state index is -0.978. The first-order valence-corrected chi connectivity index (χ1v) is 7.21. The SMILES string of the molecule is COC(=O)[C@H](Cc1ccccc1[N+](=O)[O-])NC(=O)[C@H]1CCOC1. The van der Waals surface area contributed by atoms with Gasteiger partial charge in [-0.3, -0.25) is 14.9 Å². The van der Waals surface area contributed by atoms with Gasteiger partial charge in [-0.2, -0.15) is 0 Å². The first-order chi connectivity index (χ1) is 11.0. The first kappa shape index (κ1) is 16.9. The summed E-state index contributed by atoms with van der Waals surface area (Å²) in [4.78, 5) is 34.6. The van der Waals surface area contributed by atoms with Crippen LogP contribution < -0.4 is 5.32 Å². The summed E-state index contributed by atoms with van der Waals surface area (Å²) < 4.78 is 9.84. The van der Waals surface area contributed by atoms with Gasteiger partial charge in [-0.25, -0.2) is 4.79 Å². The van der Waals surface area contributed by atoms with Gasteiger partial charge in [-0.05, 0) is 6.42 Å². The average Bonchev–Trinajstić information content (AvgIpc) is 3.08. The summed E-state index contributed by atoms with van der Waals surface area (Å²) >= 11 is 0. The number of hydrogen-bond donors (Lipinski definition) is 1. The summed E-state index contributed by atoms with van der Waals surface area (Å²) in [7, 11) is 1.21. The summed E-state index contributed by atoms with van der Waals surface area (Å²) in [6.07, 6.45) is 0.578. The van der Waals surface area contributed by atoms with Crippen molar-refractivity contribution in [3.05, 3.63) is 39.9 Å². The fourth-order valence-electron chi connectivity index (χ4n) is 2.45. The van der Waals surface area contributed by atoms with Crippen LogP contribution in [0.1, 0.15) is 12.0 Å². The van der Waals surface area contributed by atoms with E-state index >= 15 is 0 Å². The molecular formula is C15H18N2O6. The van der Waals surface area contributed by atoms with Gasteiger partial charge in [0.2, 0.25) is 5.91 Å². The molecule has 1 aromatic rings. The number of carbonyl (C=O) groups excluding carboxylic acids is 2. The Balaban J connectivity index is 2.14. The van der Waals surface area contributed by atoms with E-state index in [1.807, 2.05) is 0 Å². The number of amides is 1. The van der Waals surface area contributed by atoms with Gasteiger partial charge in [-0.1, -0.05) is 18.2 Å². The summed E-state index contributed by atoms with van der Waals surface area (Å²) in [5, 5.41) is 13.7. The molecule has 0 aromatic heterocycles. The summed E-state index contributed by atoms with van der Waals surface area (Å²) in [6.45, 7) is 0.816. The number of benzene rings is 1. The fourth-order valence-corrected chi connectivity index (χ4v) is 2.45. The maximum atomic E-state index is 12.2. The van der Waals surface area contributed by atoms with Crippen molar-refractivity contribution in [1.29, 1.82) is 0 Å². The van der Waals surface area contributed by atoms with Crippen LogP contribution in [-0.2, 0) is 25.5 Å². The Morgan fingerprint density at radius 1 is 1.48 bits per heavy atom. The van der Waals surface area contributed by atoms with Crippen molar-refractivity contribution >= 4 is 17.6 Å². The Morgan fingerprint density at radius 3 is 2.83 bits per heavy atom. The number of para-hydroxylation sites is 1. The first-order valence-electron chi connectivity index (χ1n) is 7.21. The van der Waals surface area contributed by atoms with E-state index < -0.39 is 16.9 Å². The van der Waals surface area contributed by atoms with Crippen LogP contribution in [0.2, 0.25) is 0 Å². The molecule has 8 nitrogen and oxygen atoms in total. The third-order valence-corrected chi connectivity index (χ3v) is 3.72. The molecule has 0 spiro atoms. The monoisotopic (exact) mass is 322 g/mol. The highest BCUT2D eigenvalue weighted by atomic mass is 16.6. The Labute approximate surface area is 132 Å². The lowest BCUT2D eigenvalue weighted by Crippen LogP contribution is -2.45. The third kappa shape index (κ3) is 4.26. The molecule has 1 N–H and O–H groups in total. The van der Waals surface area contributed by atoms with Gasteiger partial charge in [0.05, 0.1) is 24.6 Å².